The van der Waals surface area contributed by atoms with Gasteiger partial charge in [0.1, 0.15) is 5.39 Å². The molecule has 4 heterocycles. The Morgan fingerprint density at radius 3 is 2.77 bits per heavy atom. The largest absolute Gasteiger partial charge is 0.324 e. The van der Waals surface area contributed by atoms with E-state index in [1.165, 1.54) is 11.1 Å². The minimum Gasteiger partial charge on any atom is -0.324 e. The van der Waals surface area contributed by atoms with E-state index in [2.05, 4.69) is 46.9 Å². The lowest BCUT2D eigenvalue weighted by Gasteiger charge is -2.24. The van der Waals surface area contributed by atoms with Crippen molar-refractivity contribution < 1.29 is 0 Å². The van der Waals surface area contributed by atoms with Crippen molar-refractivity contribution >= 4 is 22.7 Å². The van der Waals surface area contributed by atoms with Crippen LogP contribution < -0.4 is 21.5 Å². The van der Waals surface area contributed by atoms with Gasteiger partial charge in [0.2, 0.25) is 5.95 Å². The molecule has 0 atom stereocenters. The number of hydrogen-bond donors (Lipinski definition) is 3. The molecule has 1 saturated carbocycles. The molecule has 1 aliphatic heterocycles. The topological polar surface area (TPSA) is 102 Å². The van der Waals surface area contributed by atoms with Crippen LogP contribution in [0.2, 0.25) is 0 Å². The van der Waals surface area contributed by atoms with Crippen LogP contribution in [-0.4, -0.2) is 37.9 Å². The van der Waals surface area contributed by atoms with E-state index in [0.29, 0.717) is 22.8 Å². The molecule has 2 aliphatic rings. The smallest absolute Gasteiger partial charge is 0.278 e. The summed E-state index contributed by atoms with van der Waals surface area (Å²) in [6.07, 6.45) is 4.58. The van der Waals surface area contributed by atoms with Gasteiger partial charge in [-0.2, -0.15) is 4.98 Å². The fourth-order valence-electron chi connectivity index (χ4n) is 4.63. The molecule has 180 valence electrons. The van der Waals surface area contributed by atoms with E-state index in [4.69, 9.17) is 9.97 Å². The number of aromatic nitrogens is 5. The first-order chi connectivity index (χ1) is 16.9. The van der Waals surface area contributed by atoms with E-state index < -0.39 is 0 Å². The van der Waals surface area contributed by atoms with Gasteiger partial charge in [0.15, 0.2) is 11.5 Å². The van der Waals surface area contributed by atoms with Crippen molar-refractivity contribution in [3.63, 3.8) is 0 Å². The second kappa shape index (κ2) is 8.28. The van der Waals surface area contributed by atoms with Crippen LogP contribution in [0.5, 0.6) is 0 Å². The van der Waals surface area contributed by atoms with E-state index in [-0.39, 0.29) is 17.1 Å². The molecule has 9 nitrogen and oxygen atoms in total. The third-order valence-electron chi connectivity index (χ3n) is 7.08. The van der Waals surface area contributed by atoms with Crippen molar-refractivity contribution in [3.05, 3.63) is 69.8 Å². The first kappa shape index (κ1) is 21.9. The monoisotopic (exact) mass is 470 g/mol. The summed E-state index contributed by atoms with van der Waals surface area (Å²) in [7, 11) is 1.92. The Bertz CT molecular complexity index is 1480. The predicted molar refractivity (Wildman–Crippen MR) is 136 cm³/mol. The van der Waals surface area contributed by atoms with Gasteiger partial charge in [-0.05, 0) is 82.1 Å². The first-order valence-corrected chi connectivity index (χ1v) is 12.2. The van der Waals surface area contributed by atoms with Crippen molar-refractivity contribution in [1.82, 2.24) is 34.9 Å². The van der Waals surface area contributed by atoms with Crippen LogP contribution >= 0.6 is 0 Å². The Kier molecular flexibility index (Phi) is 5.19. The summed E-state index contributed by atoms with van der Waals surface area (Å²) in [6.45, 7) is 6.05. The molecule has 35 heavy (non-hydrogen) atoms. The zero-order valence-electron chi connectivity index (χ0n) is 20.3. The number of hydrogen-bond acceptors (Lipinski definition) is 7. The number of pyridine rings is 1. The average Bonchev–Trinajstić information content (AvgIpc) is 3.68. The molecule has 1 aromatic carbocycles. The summed E-state index contributed by atoms with van der Waals surface area (Å²) in [6, 6.07) is 12.4. The normalized spacial score (nSPS) is 15.9. The lowest BCUT2D eigenvalue weighted by atomic mass is 10.0. The zero-order chi connectivity index (χ0) is 24.2. The molecule has 3 aromatic heterocycles. The second-order valence-corrected chi connectivity index (χ2v) is 9.91. The number of benzene rings is 1. The van der Waals surface area contributed by atoms with Crippen LogP contribution in [0, 0.1) is 0 Å². The Morgan fingerprint density at radius 1 is 1.11 bits per heavy atom. The van der Waals surface area contributed by atoms with E-state index >= 15 is 0 Å². The highest BCUT2D eigenvalue weighted by Gasteiger charge is 2.31. The van der Waals surface area contributed by atoms with Crippen LogP contribution in [-0.2, 0) is 18.5 Å². The highest BCUT2D eigenvalue weighted by atomic mass is 16.1. The van der Waals surface area contributed by atoms with Crippen molar-refractivity contribution in [3.8, 4) is 5.82 Å². The molecule has 9 heteroatoms. The van der Waals surface area contributed by atoms with Gasteiger partial charge < -0.3 is 16.0 Å². The number of nitrogens with zero attached hydrogens (tertiary/aromatic N) is 5. The maximum atomic E-state index is 13.4. The number of anilines is 2. The summed E-state index contributed by atoms with van der Waals surface area (Å²) in [5.74, 6) is 1.13. The summed E-state index contributed by atoms with van der Waals surface area (Å²) in [4.78, 5) is 27.6. The van der Waals surface area contributed by atoms with Crippen LogP contribution in [0.15, 0.2) is 47.4 Å². The van der Waals surface area contributed by atoms with Gasteiger partial charge >= 0.3 is 0 Å². The van der Waals surface area contributed by atoms with Crippen molar-refractivity contribution in [1.29, 1.82) is 0 Å². The molecule has 0 saturated heterocycles. The highest BCUT2D eigenvalue weighted by molar-refractivity contribution is 5.77. The van der Waals surface area contributed by atoms with Gasteiger partial charge in [0.25, 0.3) is 5.56 Å². The summed E-state index contributed by atoms with van der Waals surface area (Å²) in [5.41, 5.74) is 4.67. The lowest BCUT2D eigenvalue weighted by Crippen LogP contribution is -2.34. The Hall–Kier alpha value is -3.56. The molecule has 1 fully saturated rings. The van der Waals surface area contributed by atoms with E-state index in [9.17, 15) is 4.79 Å². The molecule has 6 rings (SSSR count). The van der Waals surface area contributed by atoms with Crippen LogP contribution in [0.25, 0.3) is 16.9 Å². The fraction of sp³-hybridized carbons (Fsp3) is 0.385. The summed E-state index contributed by atoms with van der Waals surface area (Å²) >= 11 is 0. The molecule has 4 aromatic rings. The van der Waals surface area contributed by atoms with Crippen molar-refractivity contribution in [2.45, 2.75) is 51.2 Å². The Balaban J connectivity index is 1.46. The summed E-state index contributed by atoms with van der Waals surface area (Å²) in [5, 5.41) is 10.6. The maximum Gasteiger partial charge on any atom is 0.278 e. The van der Waals surface area contributed by atoms with E-state index in [1.807, 2.05) is 36.0 Å². The molecule has 3 N–H and O–H groups in total. The maximum absolute atomic E-state index is 13.4. The Morgan fingerprint density at radius 2 is 1.97 bits per heavy atom. The minimum absolute atomic E-state index is 0.0737. The molecular formula is C26H30N8O. The van der Waals surface area contributed by atoms with Crippen LogP contribution in [0.3, 0.4) is 0 Å². The molecule has 0 amide bonds. The third-order valence-corrected chi connectivity index (χ3v) is 7.08. The van der Waals surface area contributed by atoms with E-state index in [0.717, 1.165) is 43.7 Å². The van der Waals surface area contributed by atoms with Gasteiger partial charge in [0, 0.05) is 18.4 Å². The fourth-order valence-corrected chi connectivity index (χ4v) is 4.63. The van der Waals surface area contributed by atoms with Gasteiger partial charge in [-0.3, -0.25) is 4.79 Å². The standard InChI is InChI=1S/C26H30N8O/c1-26(2,27-3)21-5-4-6-22(31-21)34-23-20(24(35)33(34)19-9-10-19)15-29-25(32-23)30-18-8-7-17-14-28-12-11-16(17)13-18/h4-8,13,15,19,27-28H,9-12,14H2,1-3H3,(H,29,30,32). The molecule has 0 spiro atoms. The third kappa shape index (κ3) is 3.90. The Labute approximate surface area is 203 Å². The van der Waals surface area contributed by atoms with Gasteiger partial charge in [-0.15, -0.1) is 0 Å². The second-order valence-electron chi connectivity index (χ2n) is 9.91. The van der Waals surface area contributed by atoms with E-state index in [1.54, 1.807) is 10.9 Å². The van der Waals surface area contributed by atoms with Gasteiger partial charge in [0.05, 0.1) is 17.3 Å². The predicted octanol–water partition coefficient (Wildman–Crippen LogP) is 3.16. The lowest BCUT2D eigenvalue weighted by molar-refractivity contribution is 0.429. The number of nitrogens with one attached hydrogen (secondary N) is 3. The zero-order valence-corrected chi connectivity index (χ0v) is 20.3. The highest BCUT2D eigenvalue weighted by Crippen LogP contribution is 2.35. The van der Waals surface area contributed by atoms with Gasteiger partial charge in [-0.25, -0.2) is 19.3 Å². The SMILES string of the molecule is CNC(C)(C)c1cccc(-n2c3nc(Nc4ccc5c(c4)CCNC5)ncc3c(=O)n2C2CC2)n1. The number of rotatable bonds is 6. The summed E-state index contributed by atoms with van der Waals surface area (Å²) < 4.78 is 3.67. The van der Waals surface area contributed by atoms with Crippen molar-refractivity contribution in [2.75, 3.05) is 18.9 Å². The average molecular weight is 471 g/mol. The quantitative estimate of drug-likeness (QED) is 0.398. The molecule has 0 unspecified atom stereocenters. The molecule has 1 aliphatic carbocycles. The first-order valence-electron chi connectivity index (χ1n) is 12.2. The molecule has 0 bridgehead atoms. The van der Waals surface area contributed by atoms with Crippen molar-refractivity contribution in [2.24, 2.45) is 0 Å². The van der Waals surface area contributed by atoms with Crippen LogP contribution in [0.1, 0.15) is 49.6 Å². The molecular weight excluding hydrogens is 440 g/mol. The molecule has 0 radical (unpaired) electrons. The van der Waals surface area contributed by atoms with Crippen LogP contribution in [0.4, 0.5) is 11.6 Å². The number of fused-ring (bicyclic) bond motifs is 2. The minimum atomic E-state index is -0.312. The van der Waals surface area contributed by atoms with Gasteiger partial charge in [-0.1, -0.05) is 12.1 Å².